The molecule has 2 heterocycles. The number of aromatic nitrogens is 1. The first kappa shape index (κ1) is 20.3. The van der Waals surface area contributed by atoms with Crippen molar-refractivity contribution in [2.45, 2.75) is 38.2 Å². The first-order valence-corrected chi connectivity index (χ1v) is 10.5. The van der Waals surface area contributed by atoms with Crippen molar-refractivity contribution in [3.8, 4) is 23.1 Å². The Kier molecular flexibility index (Phi) is 5.17. The van der Waals surface area contributed by atoms with Gasteiger partial charge in [-0.2, -0.15) is 0 Å². The maximum atomic E-state index is 14.8. The summed E-state index contributed by atoms with van der Waals surface area (Å²) < 4.78 is 32.5. The number of aryl methyl sites for hydroxylation is 1. The lowest BCUT2D eigenvalue weighted by Gasteiger charge is -2.17. The van der Waals surface area contributed by atoms with Crippen LogP contribution in [-0.2, 0) is 11.2 Å². The van der Waals surface area contributed by atoms with Gasteiger partial charge in [-0.15, -0.1) is 0 Å². The third kappa shape index (κ3) is 3.86. The van der Waals surface area contributed by atoms with Gasteiger partial charge in [-0.3, -0.25) is 4.79 Å². The molecule has 0 unspecified atom stereocenters. The summed E-state index contributed by atoms with van der Waals surface area (Å²) in [7, 11) is 0. The summed E-state index contributed by atoms with van der Waals surface area (Å²) in [6.07, 6.45) is 2.54. The number of carboxylic acid groups (broad SMARTS) is 1. The average molecular weight is 435 g/mol. The van der Waals surface area contributed by atoms with Gasteiger partial charge in [0.2, 0.25) is 5.88 Å². The van der Waals surface area contributed by atoms with Crippen molar-refractivity contribution in [1.29, 1.82) is 0 Å². The number of aliphatic carboxylic acids is 1. The smallest absolute Gasteiger partial charge is 0.304 e. The van der Waals surface area contributed by atoms with E-state index in [2.05, 4.69) is 4.98 Å². The van der Waals surface area contributed by atoms with Gasteiger partial charge < -0.3 is 19.3 Å². The molecule has 3 aromatic rings. The molecule has 5 rings (SSSR count). The summed E-state index contributed by atoms with van der Waals surface area (Å²) in [5.74, 6) is 0.863. The van der Waals surface area contributed by atoms with E-state index < -0.39 is 12.1 Å². The van der Waals surface area contributed by atoms with Crippen LogP contribution in [0, 0.1) is 12.7 Å². The summed E-state index contributed by atoms with van der Waals surface area (Å²) in [4.78, 5) is 15.3. The van der Waals surface area contributed by atoms with E-state index in [-0.39, 0.29) is 18.2 Å². The lowest BCUT2D eigenvalue weighted by Crippen LogP contribution is -2.07. The average Bonchev–Trinajstić information content (AvgIpc) is 3.36. The number of carboxylic acids is 1. The second kappa shape index (κ2) is 8.15. The highest BCUT2D eigenvalue weighted by Gasteiger charge is 2.32. The number of hydrogen-bond acceptors (Lipinski definition) is 5. The number of benzene rings is 2. The summed E-state index contributed by atoms with van der Waals surface area (Å²) in [5, 5.41) is 9.06. The van der Waals surface area contributed by atoms with E-state index >= 15 is 0 Å². The summed E-state index contributed by atoms with van der Waals surface area (Å²) in [5.41, 5.74) is 3.18. The maximum absolute atomic E-state index is 14.8. The molecule has 0 amide bonds. The molecule has 1 aliphatic heterocycles. The normalized spacial score (nSPS) is 18.6. The van der Waals surface area contributed by atoms with Crippen LogP contribution < -0.4 is 14.2 Å². The predicted octanol–water partition coefficient (Wildman–Crippen LogP) is 5.34. The Labute approximate surface area is 184 Å². The number of ether oxygens (including phenoxy) is 3. The lowest BCUT2D eigenvalue weighted by molar-refractivity contribution is -0.137. The molecule has 1 N–H and O–H groups in total. The second-order valence-electron chi connectivity index (χ2n) is 8.16. The number of hydrogen-bond donors (Lipinski definition) is 1. The molecule has 0 saturated heterocycles. The Hall–Kier alpha value is -3.61. The van der Waals surface area contributed by atoms with E-state index in [0.29, 0.717) is 48.1 Å². The molecular weight excluding hydrogens is 413 g/mol. The van der Waals surface area contributed by atoms with E-state index in [4.69, 9.17) is 19.3 Å². The van der Waals surface area contributed by atoms with Gasteiger partial charge in [-0.1, -0.05) is 12.1 Å². The number of nitrogens with zero attached hydrogens (tertiary/aromatic N) is 1. The molecule has 0 radical (unpaired) electrons. The number of pyridine rings is 1. The van der Waals surface area contributed by atoms with E-state index in [0.717, 1.165) is 16.7 Å². The molecule has 0 spiro atoms. The lowest BCUT2D eigenvalue weighted by atomic mass is 9.98. The van der Waals surface area contributed by atoms with Gasteiger partial charge in [0.1, 0.15) is 29.2 Å². The Bertz CT molecular complexity index is 1180. The largest absolute Gasteiger partial charge is 0.492 e. The van der Waals surface area contributed by atoms with Gasteiger partial charge >= 0.3 is 5.97 Å². The zero-order chi connectivity index (χ0) is 22.2. The predicted molar refractivity (Wildman–Crippen MR) is 114 cm³/mol. The highest BCUT2D eigenvalue weighted by Crippen LogP contribution is 2.44. The van der Waals surface area contributed by atoms with Crippen LogP contribution >= 0.6 is 0 Å². The fourth-order valence-corrected chi connectivity index (χ4v) is 4.36. The van der Waals surface area contributed by atoms with Crippen molar-refractivity contribution in [2.24, 2.45) is 0 Å². The highest BCUT2D eigenvalue weighted by molar-refractivity contribution is 5.68. The van der Waals surface area contributed by atoms with Crippen molar-refractivity contribution < 1.29 is 28.5 Å². The monoisotopic (exact) mass is 435 g/mol. The number of carbonyl (C=O) groups is 1. The minimum atomic E-state index is -0.858. The van der Waals surface area contributed by atoms with E-state index in [1.807, 2.05) is 19.1 Å². The molecule has 32 heavy (non-hydrogen) atoms. The van der Waals surface area contributed by atoms with Crippen LogP contribution in [0.3, 0.4) is 0 Å². The molecule has 1 aliphatic carbocycles. The van der Waals surface area contributed by atoms with Crippen LogP contribution in [0.25, 0.3) is 0 Å². The van der Waals surface area contributed by atoms with Crippen LogP contribution in [0.15, 0.2) is 48.7 Å². The van der Waals surface area contributed by atoms with E-state index in [1.54, 1.807) is 30.5 Å². The fourth-order valence-electron chi connectivity index (χ4n) is 4.36. The molecule has 0 saturated carbocycles. The first-order valence-electron chi connectivity index (χ1n) is 10.5. The van der Waals surface area contributed by atoms with Gasteiger partial charge in [0, 0.05) is 40.9 Å². The molecular formula is C25H22FNO5. The van der Waals surface area contributed by atoms with Crippen molar-refractivity contribution in [2.75, 3.05) is 6.61 Å². The fraction of sp³-hybridized carbons (Fsp3) is 0.280. The van der Waals surface area contributed by atoms with Crippen molar-refractivity contribution in [1.82, 2.24) is 4.98 Å². The summed E-state index contributed by atoms with van der Waals surface area (Å²) in [6, 6.07) is 12.1. The highest BCUT2D eigenvalue weighted by atomic mass is 19.1. The SMILES string of the molecule is Cc1ccc(Oc2ccc(F)c3c2CC[C@H]3Oc2ccc3c(c2)OC[C@H]3CC(=O)O)nc1. The molecule has 2 aliphatic rings. The Morgan fingerprint density at radius 3 is 2.91 bits per heavy atom. The van der Waals surface area contributed by atoms with Gasteiger partial charge in [0.25, 0.3) is 0 Å². The molecule has 0 bridgehead atoms. The molecule has 2 atom stereocenters. The summed E-state index contributed by atoms with van der Waals surface area (Å²) in [6.45, 7) is 2.28. The molecule has 7 heteroatoms. The number of fused-ring (bicyclic) bond motifs is 2. The molecule has 1 aromatic heterocycles. The third-order valence-electron chi connectivity index (χ3n) is 5.90. The minimum absolute atomic E-state index is 0.0209. The maximum Gasteiger partial charge on any atom is 0.304 e. The number of rotatable bonds is 6. The van der Waals surface area contributed by atoms with Gasteiger partial charge in [-0.25, -0.2) is 9.37 Å². The molecule has 164 valence electrons. The zero-order valence-electron chi connectivity index (χ0n) is 17.5. The molecule has 6 nitrogen and oxygen atoms in total. The minimum Gasteiger partial charge on any atom is -0.492 e. The van der Waals surface area contributed by atoms with E-state index in [9.17, 15) is 9.18 Å². The molecule has 0 fully saturated rings. The van der Waals surface area contributed by atoms with Gasteiger partial charge in [0.15, 0.2) is 0 Å². The quantitative estimate of drug-likeness (QED) is 0.563. The van der Waals surface area contributed by atoms with Crippen molar-refractivity contribution >= 4 is 5.97 Å². The second-order valence-corrected chi connectivity index (χ2v) is 8.16. The van der Waals surface area contributed by atoms with Crippen LogP contribution in [0.1, 0.15) is 47.1 Å². The topological polar surface area (TPSA) is 77.9 Å². The van der Waals surface area contributed by atoms with Crippen LogP contribution in [0.4, 0.5) is 4.39 Å². The summed E-state index contributed by atoms with van der Waals surface area (Å²) >= 11 is 0. The Balaban J connectivity index is 1.37. The van der Waals surface area contributed by atoms with Gasteiger partial charge in [-0.05, 0) is 43.5 Å². The van der Waals surface area contributed by atoms with Gasteiger partial charge in [0.05, 0.1) is 13.0 Å². The van der Waals surface area contributed by atoms with Crippen molar-refractivity contribution in [3.05, 3.63) is 76.7 Å². The third-order valence-corrected chi connectivity index (χ3v) is 5.90. The van der Waals surface area contributed by atoms with Crippen molar-refractivity contribution in [3.63, 3.8) is 0 Å². The Morgan fingerprint density at radius 2 is 2.12 bits per heavy atom. The number of halogens is 1. The van der Waals surface area contributed by atoms with Crippen LogP contribution in [-0.4, -0.2) is 22.7 Å². The van der Waals surface area contributed by atoms with Crippen LogP contribution in [0.2, 0.25) is 0 Å². The van der Waals surface area contributed by atoms with Crippen LogP contribution in [0.5, 0.6) is 23.1 Å². The molecule has 2 aromatic carbocycles. The first-order chi connectivity index (χ1) is 15.5. The Morgan fingerprint density at radius 1 is 1.25 bits per heavy atom. The zero-order valence-corrected chi connectivity index (χ0v) is 17.5. The van der Waals surface area contributed by atoms with E-state index in [1.165, 1.54) is 6.07 Å². The standard InChI is InChI=1S/C25H22FNO5/c1-14-2-9-23(27-12-14)32-20-8-6-19(26)25-18(20)5-7-21(25)31-16-3-4-17-15(10-24(28)29)13-30-22(17)11-16/h2-4,6,8-9,11-12,15,21H,5,7,10,13H2,1H3,(H,28,29)/t15-,21-/m1/s1.